The van der Waals surface area contributed by atoms with Crippen LogP contribution in [0.4, 0.5) is 17.6 Å². The van der Waals surface area contributed by atoms with E-state index in [0.29, 0.717) is 23.2 Å². The van der Waals surface area contributed by atoms with Crippen LogP contribution in [0.1, 0.15) is 36.9 Å². The number of carbonyl (C=O) groups excluding carboxylic acids is 2. The van der Waals surface area contributed by atoms with E-state index in [1.54, 1.807) is 0 Å². The maximum Gasteiger partial charge on any atom is 0.399 e. The summed E-state index contributed by atoms with van der Waals surface area (Å²) in [4.78, 5) is 26.9. The van der Waals surface area contributed by atoms with Crippen LogP contribution in [0.25, 0.3) is 11.3 Å². The maximum absolute atomic E-state index is 13.9. The van der Waals surface area contributed by atoms with Crippen LogP contribution in [-0.2, 0) is 21.4 Å². The van der Waals surface area contributed by atoms with Crippen LogP contribution in [0.15, 0.2) is 30.3 Å². The molecule has 0 bridgehead atoms. The molecule has 1 saturated carbocycles. The third-order valence-electron chi connectivity index (χ3n) is 6.39. The molecule has 2 amide bonds. The first-order valence-electron chi connectivity index (χ1n) is 10.4. The molecular weight excluding hydrogens is 430 g/mol. The van der Waals surface area contributed by atoms with Gasteiger partial charge in [0.25, 0.3) is 0 Å². The number of aromatic nitrogens is 1. The van der Waals surface area contributed by atoms with E-state index in [1.165, 1.54) is 30.3 Å². The number of β-amino-alcohol motifs (C(OH)–C–C–N with tert-alkyl or cyclic N) is 1. The van der Waals surface area contributed by atoms with E-state index in [-0.39, 0.29) is 37.9 Å². The van der Waals surface area contributed by atoms with Crippen molar-refractivity contribution in [2.24, 2.45) is 0 Å². The summed E-state index contributed by atoms with van der Waals surface area (Å²) in [6, 6.07) is 5.76. The standard InChI is InChI=1S/C22H23F4N3O3/c23-14-5-2-12(3-6-14)18-13(4-7-17(31)29-19-15(30)11-27-20(19)32)10-16(28-18)21(8-1-9-21)22(24,25)26/h2-3,5-6,10,15,19,28,30H,1,4,7-9,11H2,(H,27,32)(H,29,31)/t15-,19+/m1/s1. The second-order valence-electron chi connectivity index (χ2n) is 8.38. The molecule has 172 valence electrons. The van der Waals surface area contributed by atoms with Gasteiger partial charge in [0, 0.05) is 24.4 Å². The zero-order chi connectivity index (χ0) is 23.1. The zero-order valence-corrected chi connectivity index (χ0v) is 17.1. The molecule has 1 aromatic heterocycles. The average molecular weight is 453 g/mol. The largest absolute Gasteiger partial charge is 0.399 e. The summed E-state index contributed by atoms with van der Waals surface area (Å²) in [5.41, 5.74) is -0.503. The molecule has 0 spiro atoms. The Balaban J connectivity index is 1.58. The minimum atomic E-state index is -4.42. The highest BCUT2D eigenvalue weighted by atomic mass is 19.4. The van der Waals surface area contributed by atoms with Gasteiger partial charge in [-0.15, -0.1) is 0 Å². The lowest BCUT2D eigenvalue weighted by Gasteiger charge is -2.42. The summed E-state index contributed by atoms with van der Waals surface area (Å²) >= 11 is 0. The number of aliphatic hydroxyl groups excluding tert-OH is 1. The molecule has 6 nitrogen and oxygen atoms in total. The number of alkyl halides is 3. The number of aromatic amines is 1. The molecular formula is C22H23F4N3O3. The van der Waals surface area contributed by atoms with Crippen molar-refractivity contribution in [1.29, 1.82) is 0 Å². The van der Waals surface area contributed by atoms with Crippen LogP contribution in [-0.4, -0.2) is 46.8 Å². The van der Waals surface area contributed by atoms with Crippen molar-refractivity contribution in [3.63, 3.8) is 0 Å². The summed E-state index contributed by atoms with van der Waals surface area (Å²) in [5.74, 6) is -1.47. The second-order valence-corrected chi connectivity index (χ2v) is 8.38. The summed E-state index contributed by atoms with van der Waals surface area (Å²) in [5, 5.41) is 14.7. The van der Waals surface area contributed by atoms with Crippen molar-refractivity contribution in [1.82, 2.24) is 15.6 Å². The smallest absolute Gasteiger partial charge is 0.389 e. The maximum atomic E-state index is 13.9. The van der Waals surface area contributed by atoms with Crippen molar-refractivity contribution in [2.45, 2.75) is 55.8 Å². The Hall–Kier alpha value is -2.88. The SMILES string of the molecule is O=C(CCc1cc(C2(C(F)(F)F)CCC2)[nH]c1-c1ccc(F)cc1)N[C@@H]1C(=O)NC[C@H]1O. The van der Waals surface area contributed by atoms with Gasteiger partial charge in [0.15, 0.2) is 0 Å². The minimum absolute atomic E-state index is 0.0194. The quantitative estimate of drug-likeness (QED) is 0.507. The molecule has 2 heterocycles. The molecule has 0 unspecified atom stereocenters. The van der Waals surface area contributed by atoms with Crippen molar-refractivity contribution in [2.75, 3.05) is 6.54 Å². The lowest BCUT2D eigenvalue weighted by atomic mass is 9.66. The van der Waals surface area contributed by atoms with E-state index in [0.717, 1.165) is 0 Å². The van der Waals surface area contributed by atoms with Gasteiger partial charge in [0.2, 0.25) is 11.8 Å². The molecule has 4 rings (SSSR count). The number of halogens is 4. The Morgan fingerprint density at radius 1 is 1.22 bits per heavy atom. The van der Waals surface area contributed by atoms with Crippen LogP contribution >= 0.6 is 0 Å². The predicted molar refractivity (Wildman–Crippen MR) is 107 cm³/mol. The molecule has 1 aliphatic heterocycles. The molecule has 2 atom stereocenters. The van der Waals surface area contributed by atoms with Crippen LogP contribution < -0.4 is 10.6 Å². The van der Waals surface area contributed by atoms with E-state index in [2.05, 4.69) is 15.6 Å². The third-order valence-corrected chi connectivity index (χ3v) is 6.39. The highest BCUT2D eigenvalue weighted by Crippen LogP contribution is 2.54. The molecule has 0 radical (unpaired) electrons. The van der Waals surface area contributed by atoms with Crippen molar-refractivity contribution < 1.29 is 32.3 Å². The molecule has 2 aromatic rings. The van der Waals surface area contributed by atoms with E-state index >= 15 is 0 Å². The average Bonchev–Trinajstić information content (AvgIpc) is 3.23. The number of nitrogens with one attached hydrogen (secondary N) is 3. The van der Waals surface area contributed by atoms with Crippen LogP contribution in [0, 0.1) is 5.82 Å². The number of carbonyl (C=O) groups is 2. The van der Waals surface area contributed by atoms with Crippen molar-refractivity contribution in [3.05, 3.63) is 47.4 Å². The summed E-state index contributed by atoms with van der Waals surface area (Å²) < 4.78 is 54.9. The number of hydrogen-bond acceptors (Lipinski definition) is 3. The predicted octanol–water partition coefficient (Wildman–Crippen LogP) is 2.71. The van der Waals surface area contributed by atoms with Crippen LogP contribution in [0.2, 0.25) is 0 Å². The fourth-order valence-electron chi connectivity index (χ4n) is 4.33. The summed E-state index contributed by atoms with van der Waals surface area (Å²) in [7, 11) is 0. The van der Waals surface area contributed by atoms with Crippen molar-refractivity contribution >= 4 is 11.8 Å². The van der Waals surface area contributed by atoms with E-state index in [9.17, 15) is 32.3 Å². The molecule has 10 heteroatoms. The van der Waals surface area contributed by atoms with Gasteiger partial charge in [-0.3, -0.25) is 9.59 Å². The molecule has 4 N–H and O–H groups in total. The summed E-state index contributed by atoms with van der Waals surface area (Å²) in [6.07, 6.45) is -5.02. The fourth-order valence-corrected chi connectivity index (χ4v) is 4.33. The molecule has 2 fully saturated rings. The molecule has 2 aliphatic rings. The molecule has 1 aromatic carbocycles. The van der Waals surface area contributed by atoms with Crippen molar-refractivity contribution in [3.8, 4) is 11.3 Å². The Bertz CT molecular complexity index is 1010. The molecule has 32 heavy (non-hydrogen) atoms. The normalized spacial score (nSPS) is 22.3. The number of aryl methyl sites for hydroxylation is 1. The van der Waals surface area contributed by atoms with Gasteiger partial charge in [0.05, 0.1) is 0 Å². The van der Waals surface area contributed by atoms with Gasteiger partial charge in [-0.1, -0.05) is 6.42 Å². The first-order valence-corrected chi connectivity index (χ1v) is 10.4. The monoisotopic (exact) mass is 453 g/mol. The van der Waals surface area contributed by atoms with Gasteiger partial charge in [-0.05, 0) is 60.7 Å². The molecule has 1 aliphatic carbocycles. The number of rotatable bonds is 6. The highest BCUT2D eigenvalue weighted by molar-refractivity contribution is 5.90. The highest BCUT2D eigenvalue weighted by Gasteiger charge is 2.60. The van der Waals surface area contributed by atoms with Crippen LogP contribution in [0.5, 0.6) is 0 Å². The Morgan fingerprint density at radius 3 is 2.44 bits per heavy atom. The van der Waals surface area contributed by atoms with Crippen LogP contribution in [0.3, 0.4) is 0 Å². The summed E-state index contributed by atoms with van der Waals surface area (Å²) in [6.45, 7) is 0.0409. The van der Waals surface area contributed by atoms with Gasteiger partial charge in [-0.2, -0.15) is 13.2 Å². The Morgan fingerprint density at radius 2 is 1.91 bits per heavy atom. The van der Waals surface area contributed by atoms with Gasteiger partial charge in [0.1, 0.15) is 23.4 Å². The fraction of sp³-hybridized carbons (Fsp3) is 0.455. The first kappa shape index (κ1) is 22.3. The number of benzene rings is 1. The lowest BCUT2D eigenvalue weighted by Crippen LogP contribution is -2.48. The molecule has 1 saturated heterocycles. The topological polar surface area (TPSA) is 94.2 Å². The second kappa shape index (κ2) is 8.23. The lowest BCUT2D eigenvalue weighted by molar-refractivity contribution is -0.213. The zero-order valence-electron chi connectivity index (χ0n) is 17.1. The van der Waals surface area contributed by atoms with Gasteiger partial charge < -0.3 is 20.7 Å². The third kappa shape index (κ3) is 3.99. The van der Waals surface area contributed by atoms with Gasteiger partial charge >= 0.3 is 6.18 Å². The first-order chi connectivity index (χ1) is 15.1. The van der Waals surface area contributed by atoms with E-state index < -0.39 is 41.4 Å². The number of H-pyrrole nitrogens is 1. The Kier molecular flexibility index (Phi) is 5.74. The number of amides is 2. The Labute approximate surface area is 181 Å². The number of hydrogen-bond donors (Lipinski definition) is 4. The van der Waals surface area contributed by atoms with Gasteiger partial charge in [-0.25, -0.2) is 4.39 Å². The number of aliphatic hydroxyl groups is 1. The van der Waals surface area contributed by atoms with E-state index in [1.807, 2.05) is 0 Å². The minimum Gasteiger partial charge on any atom is -0.389 e. The van der Waals surface area contributed by atoms with E-state index in [4.69, 9.17) is 0 Å².